The van der Waals surface area contributed by atoms with Crippen molar-refractivity contribution in [1.82, 2.24) is 0 Å². The Hall–Kier alpha value is -4.59. The lowest BCUT2D eigenvalue weighted by atomic mass is 9.73. The van der Waals surface area contributed by atoms with Crippen molar-refractivity contribution in [3.63, 3.8) is 0 Å². The lowest BCUT2D eigenvalue weighted by Gasteiger charge is -2.37. The number of para-hydroxylation sites is 1. The van der Waals surface area contributed by atoms with Gasteiger partial charge in [0.15, 0.2) is 5.78 Å². The molecular weight excluding hydrogens is 520 g/mol. The fraction of sp³-hybridized carbons (Fsp3) is 0.303. The van der Waals surface area contributed by atoms with E-state index in [9.17, 15) is 24.6 Å². The number of ketones is 1. The number of nitrogens with one attached hydrogen (secondary N) is 1. The van der Waals surface area contributed by atoms with Crippen LogP contribution in [0.2, 0.25) is 0 Å². The molecule has 0 spiro atoms. The number of carbonyl (C=O) groups is 3. The smallest absolute Gasteiger partial charge is 0.303 e. The quantitative estimate of drug-likeness (QED) is 0.294. The summed E-state index contributed by atoms with van der Waals surface area (Å²) in [6.07, 6.45) is 0.204. The number of anilines is 2. The van der Waals surface area contributed by atoms with Crippen LogP contribution < -0.4 is 15.0 Å². The molecule has 0 fully saturated rings. The average molecular weight is 555 g/mol. The molecule has 1 amide bonds. The van der Waals surface area contributed by atoms with Crippen LogP contribution in [0.1, 0.15) is 62.3 Å². The number of allylic oxidation sites excluding steroid dienone is 1. The molecule has 0 saturated heterocycles. The van der Waals surface area contributed by atoms with E-state index in [0.717, 1.165) is 16.7 Å². The predicted octanol–water partition coefficient (Wildman–Crippen LogP) is 6.29. The van der Waals surface area contributed by atoms with Crippen LogP contribution in [0.25, 0.3) is 0 Å². The fourth-order valence-corrected chi connectivity index (χ4v) is 5.73. The molecule has 0 bridgehead atoms. The van der Waals surface area contributed by atoms with Gasteiger partial charge in [0.05, 0.1) is 18.2 Å². The zero-order valence-electron chi connectivity index (χ0n) is 23.4. The summed E-state index contributed by atoms with van der Waals surface area (Å²) in [4.78, 5) is 40.6. The van der Waals surface area contributed by atoms with Gasteiger partial charge in [-0.25, -0.2) is 0 Å². The molecule has 0 radical (unpaired) electrons. The number of aromatic hydroxyl groups is 1. The summed E-state index contributed by atoms with van der Waals surface area (Å²) in [7, 11) is 0. The Balaban J connectivity index is 1.65. The first-order valence-electron chi connectivity index (χ1n) is 13.7. The Morgan fingerprint density at radius 2 is 1.78 bits per heavy atom. The number of amides is 1. The summed E-state index contributed by atoms with van der Waals surface area (Å²) in [5, 5.41) is 23.5. The number of hydrogen-bond acceptors (Lipinski definition) is 6. The third-order valence-corrected chi connectivity index (χ3v) is 7.61. The van der Waals surface area contributed by atoms with E-state index in [4.69, 9.17) is 4.74 Å². The van der Waals surface area contributed by atoms with E-state index >= 15 is 0 Å². The molecule has 1 unspecified atom stereocenters. The summed E-state index contributed by atoms with van der Waals surface area (Å²) < 4.78 is 6.04. The summed E-state index contributed by atoms with van der Waals surface area (Å²) in [6, 6.07) is 19.4. The van der Waals surface area contributed by atoms with Gasteiger partial charge in [-0.3, -0.25) is 19.3 Å². The van der Waals surface area contributed by atoms with Gasteiger partial charge in [0, 0.05) is 24.1 Å². The number of rotatable bonds is 7. The first-order chi connectivity index (χ1) is 19.5. The minimum Gasteiger partial charge on any atom is -0.506 e. The third-order valence-electron chi connectivity index (χ3n) is 7.61. The maximum absolute atomic E-state index is 13.9. The van der Waals surface area contributed by atoms with Gasteiger partial charge in [-0.15, -0.1) is 0 Å². The number of Topliss-reactive ketones (excluding diaryl/α,β-unsaturated/α-hetero) is 1. The third kappa shape index (κ3) is 5.82. The molecule has 1 atom stereocenters. The number of carbonyl (C=O) groups excluding carboxylic acids is 2. The monoisotopic (exact) mass is 554 g/mol. The van der Waals surface area contributed by atoms with Crippen LogP contribution in [0.4, 0.5) is 11.4 Å². The highest BCUT2D eigenvalue weighted by atomic mass is 16.5. The van der Waals surface area contributed by atoms with Crippen molar-refractivity contribution in [1.29, 1.82) is 0 Å². The first-order valence-corrected chi connectivity index (χ1v) is 13.7. The molecule has 1 heterocycles. The predicted molar refractivity (Wildman–Crippen MR) is 156 cm³/mol. The van der Waals surface area contributed by atoms with Crippen LogP contribution >= 0.6 is 0 Å². The molecule has 3 N–H and O–H groups in total. The normalized spacial score (nSPS) is 17.7. The highest BCUT2D eigenvalue weighted by Gasteiger charge is 2.44. The Labute approximate surface area is 239 Å². The molecule has 0 saturated carbocycles. The second kappa shape index (κ2) is 11.1. The summed E-state index contributed by atoms with van der Waals surface area (Å²) >= 11 is 0. The topological polar surface area (TPSA) is 116 Å². The molecule has 3 aromatic carbocycles. The number of fused-ring (bicyclic) bond motifs is 1. The van der Waals surface area contributed by atoms with Gasteiger partial charge < -0.3 is 20.3 Å². The van der Waals surface area contributed by atoms with E-state index in [0.29, 0.717) is 47.8 Å². The maximum Gasteiger partial charge on any atom is 0.303 e. The van der Waals surface area contributed by atoms with E-state index in [-0.39, 0.29) is 29.8 Å². The Kier molecular flexibility index (Phi) is 7.58. The highest BCUT2D eigenvalue weighted by molar-refractivity contribution is 6.07. The number of benzene rings is 3. The molecule has 1 aliphatic heterocycles. The zero-order chi connectivity index (χ0) is 29.3. The Morgan fingerprint density at radius 1 is 1.02 bits per heavy atom. The van der Waals surface area contributed by atoms with Crippen molar-refractivity contribution in [2.45, 2.75) is 59.1 Å². The van der Waals surface area contributed by atoms with Gasteiger partial charge in [-0.1, -0.05) is 56.3 Å². The second-order valence-electron chi connectivity index (χ2n) is 11.5. The van der Waals surface area contributed by atoms with Crippen LogP contribution in [-0.2, 0) is 21.0 Å². The van der Waals surface area contributed by atoms with Gasteiger partial charge in [0.1, 0.15) is 23.8 Å². The van der Waals surface area contributed by atoms with E-state index in [2.05, 4.69) is 5.32 Å². The minimum absolute atomic E-state index is 0.0664. The van der Waals surface area contributed by atoms with E-state index in [1.54, 1.807) is 12.1 Å². The lowest BCUT2D eigenvalue weighted by molar-refractivity contribution is -0.138. The number of phenols is 1. The highest BCUT2D eigenvalue weighted by Crippen LogP contribution is 2.51. The second-order valence-corrected chi connectivity index (χ2v) is 11.5. The van der Waals surface area contributed by atoms with Gasteiger partial charge in [-0.05, 0) is 59.7 Å². The SMILES string of the molecule is Cc1cc(OCc2ccccc2)ccc1C1C2=C(CC(C)(C)CC2=O)Nc2c(O)cccc2N1C(=O)CCC(=O)O. The van der Waals surface area contributed by atoms with Crippen molar-refractivity contribution in [3.8, 4) is 11.5 Å². The van der Waals surface area contributed by atoms with Crippen LogP contribution in [-0.4, -0.2) is 27.9 Å². The number of ether oxygens (including phenoxy) is 1. The number of aliphatic carboxylic acids is 1. The van der Waals surface area contributed by atoms with Crippen LogP contribution in [0.5, 0.6) is 11.5 Å². The van der Waals surface area contributed by atoms with Crippen LogP contribution in [0.3, 0.4) is 0 Å². The van der Waals surface area contributed by atoms with Crippen molar-refractivity contribution in [2.24, 2.45) is 5.41 Å². The maximum atomic E-state index is 13.9. The number of carboxylic acid groups (broad SMARTS) is 1. The van der Waals surface area contributed by atoms with Crippen molar-refractivity contribution >= 4 is 29.0 Å². The van der Waals surface area contributed by atoms with E-state index in [1.165, 1.54) is 11.0 Å². The summed E-state index contributed by atoms with van der Waals surface area (Å²) in [5.41, 5.74) is 4.03. The molecule has 41 heavy (non-hydrogen) atoms. The van der Waals surface area contributed by atoms with E-state index < -0.39 is 17.9 Å². The average Bonchev–Trinajstić information content (AvgIpc) is 3.06. The fourth-order valence-electron chi connectivity index (χ4n) is 5.73. The first kappa shape index (κ1) is 28.0. The van der Waals surface area contributed by atoms with Crippen LogP contribution in [0, 0.1) is 12.3 Å². The minimum atomic E-state index is -1.09. The number of hydrogen-bond donors (Lipinski definition) is 3. The summed E-state index contributed by atoms with van der Waals surface area (Å²) in [6.45, 7) is 6.33. The number of carboxylic acids is 1. The Morgan fingerprint density at radius 3 is 2.49 bits per heavy atom. The van der Waals surface area contributed by atoms with Gasteiger partial charge in [0.2, 0.25) is 5.91 Å². The van der Waals surface area contributed by atoms with Gasteiger partial charge in [0.25, 0.3) is 0 Å². The van der Waals surface area contributed by atoms with Crippen molar-refractivity contribution in [3.05, 3.63) is 94.7 Å². The molecule has 3 aromatic rings. The molecule has 1 aliphatic carbocycles. The summed E-state index contributed by atoms with van der Waals surface area (Å²) in [5.74, 6) is -1.07. The standard InChI is InChI=1S/C33H34N2O6/c1-20-16-22(41-19-21-8-5-4-6-9-21)12-13-23(20)32-30-24(17-33(2,3)18-27(30)37)34-31-25(10-7-11-26(31)36)35(32)28(38)14-15-29(39)40/h4-13,16,32,34,36H,14-15,17-19H2,1-3H3,(H,39,40). The number of aryl methyl sites for hydroxylation is 1. The molecule has 8 heteroatoms. The molecule has 0 aromatic heterocycles. The molecule has 8 nitrogen and oxygen atoms in total. The molecular formula is C33H34N2O6. The van der Waals surface area contributed by atoms with Gasteiger partial charge in [-0.2, -0.15) is 0 Å². The molecule has 212 valence electrons. The number of nitrogens with zero attached hydrogens (tertiary/aromatic N) is 1. The molecule has 5 rings (SSSR count). The largest absolute Gasteiger partial charge is 0.506 e. The van der Waals surface area contributed by atoms with Gasteiger partial charge >= 0.3 is 5.97 Å². The van der Waals surface area contributed by atoms with Crippen molar-refractivity contribution < 1.29 is 29.3 Å². The molecule has 2 aliphatic rings. The van der Waals surface area contributed by atoms with Crippen molar-refractivity contribution in [2.75, 3.05) is 10.2 Å². The lowest BCUT2D eigenvalue weighted by Crippen LogP contribution is -2.40. The van der Waals surface area contributed by atoms with Crippen LogP contribution in [0.15, 0.2) is 78.0 Å². The Bertz CT molecular complexity index is 1540. The van der Waals surface area contributed by atoms with E-state index in [1.807, 2.05) is 69.3 Å². The zero-order valence-corrected chi connectivity index (χ0v) is 23.4. The number of phenolic OH excluding ortho intramolecular Hbond substituents is 1.